The minimum absolute atomic E-state index is 0.0208. The van der Waals surface area contributed by atoms with Crippen LogP contribution in [0.5, 0.6) is 0 Å². The Bertz CT molecular complexity index is 500. The number of nitrogens with one attached hydrogen (secondary N) is 1. The first kappa shape index (κ1) is 19.1. The van der Waals surface area contributed by atoms with Gasteiger partial charge >= 0.3 is 6.18 Å². The highest BCUT2D eigenvalue weighted by atomic mass is 19.4. The third-order valence-electron chi connectivity index (χ3n) is 3.82. The van der Waals surface area contributed by atoms with Gasteiger partial charge in [-0.1, -0.05) is 12.2 Å². The van der Waals surface area contributed by atoms with Crippen molar-refractivity contribution in [2.75, 3.05) is 6.61 Å². The fourth-order valence-corrected chi connectivity index (χ4v) is 2.54. The number of halogens is 3. The molecule has 0 aromatic heterocycles. The lowest BCUT2D eigenvalue weighted by molar-refractivity contribution is -0.138. The van der Waals surface area contributed by atoms with Crippen molar-refractivity contribution >= 4 is 0 Å². The van der Waals surface area contributed by atoms with Gasteiger partial charge < -0.3 is 0 Å². The first-order valence-corrected chi connectivity index (χ1v) is 7.41. The van der Waals surface area contributed by atoms with Crippen molar-refractivity contribution in [3.05, 3.63) is 24.4 Å². The van der Waals surface area contributed by atoms with E-state index in [-0.39, 0.29) is 12.3 Å². The molecule has 1 atom stereocenters. The third kappa shape index (κ3) is 6.75. The average molecular weight is 327 g/mol. The maximum absolute atomic E-state index is 12.4. The van der Waals surface area contributed by atoms with Crippen LogP contribution in [0.2, 0.25) is 0 Å². The van der Waals surface area contributed by atoms with Crippen molar-refractivity contribution in [2.24, 2.45) is 11.3 Å². The van der Waals surface area contributed by atoms with E-state index in [2.05, 4.69) is 12.1 Å². The van der Waals surface area contributed by atoms with Crippen molar-refractivity contribution in [1.82, 2.24) is 5.48 Å². The van der Waals surface area contributed by atoms with E-state index in [1.165, 1.54) is 0 Å². The molecule has 0 saturated carbocycles. The van der Waals surface area contributed by atoms with Crippen LogP contribution >= 0.6 is 0 Å². The van der Waals surface area contributed by atoms with Crippen molar-refractivity contribution < 1.29 is 18.0 Å². The minimum Gasteiger partial charge on any atom is -0.272 e. The lowest BCUT2D eigenvalue weighted by Gasteiger charge is -2.28. The van der Waals surface area contributed by atoms with Gasteiger partial charge in [0.2, 0.25) is 0 Å². The zero-order valence-corrected chi connectivity index (χ0v) is 12.8. The standard InChI is InChI=1S/C16H20F3N3O/c1-2-9-23-22-14-5-3-13(4-6-14)10-15(11-20,12-21)7-8-16(17,18)19/h2,5,13,22H,1,3-4,6-10H2. The van der Waals surface area contributed by atoms with Crippen molar-refractivity contribution in [2.45, 2.75) is 44.7 Å². The maximum atomic E-state index is 12.4. The predicted octanol–water partition coefficient (Wildman–Crippen LogP) is 4.14. The Balaban J connectivity index is 2.58. The van der Waals surface area contributed by atoms with E-state index in [4.69, 9.17) is 4.84 Å². The highest BCUT2D eigenvalue weighted by molar-refractivity contribution is 5.15. The minimum atomic E-state index is -4.36. The van der Waals surface area contributed by atoms with Crippen LogP contribution in [0.3, 0.4) is 0 Å². The SMILES string of the molecule is C=CCONC1=CCC(CC(C#N)(C#N)CCC(F)(F)F)CC1. The smallest absolute Gasteiger partial charge is 0.272 e. The second kappa shape index (κ2) is 8.59. The number of rotatable bonds is 8. The van der Waals surface area contributed by atoms with Crippen LogP contribution < -0.4 is 5.48 Å². The highest BCUT2D eigenvalue weighted by Gasteiger charge is 2.38. The normalized spacial score (nSPS) is 18.5. The molecule has 1 aliphatic carbocycles. The van der Waals surface area contributed by atoms with E-state index in [0.717, 1.165) is 5.70 Å². The number of nitriles is 2. The summed E-state index contributed by atoms with van der Waals surface area (Å²) >= 11 is 0. The summed E-state index contributed by atoms with van der Waals surface area (Å²) in [5.74, 6) is 0.0208. The summed E-state index contributed by atoms with van der Waals surface area (Å²) in [5, 5.41) is 18.4. The second-order valence-corrected chi connectivity index (χ2v) is 5.70. The molecule has 7 heteroatoms. The zero-order chi connectivity index (χ0) is 17.3. The van der Waals surface area contributed by atoms with Gasteiger partial charge in [-0.3, -0.25) is 10.3 Å². The van der Waals surface area contributed by atoms with Gasteiger partial charge in [0.05, 0.1) is 18.7 Å². The molecule has 1 N–H and O–H groups in total. The zero-order valence-electron chi connectivity index (χ0n) is 12.8. The van der Waals surface area contributed by atoms with E-state index >= 15 is 0 Å². The predicted molar refractivity (Wildman–Crippen MR) is 78.3 cm³/mol. The van der Waals surface area contributed by atoms with Crippen LogP contribution in [0.4, 0.5) is 13.2 Å². The average Bonchev–Trinajstić information content (AvgIpc) is 2.52. The van der Waals surface area contributed by atoms with Gasteiger partial charge in [0.15, 0.2) is 0 Å². The molecule has 126 valence electrons. The summed E-state index contributed by atoms with van der Waals surface area (Å²) < 4.78 is 37.1. The molecule has 0 fully saturated rings. The fourth-order valence-electron chi connectivity index (χ4n) is 2.54. The van der Waals surface area contributed by atoms with E-state index in [9.17, 15) is 23.7 Å². The lowest BCUT2D eigenvalue weighted by Crippen LogP contribution is -2.26. The summed E-state index contributed by atoms with van der Waals surface area (Å²) in [4.78, 5) is 5.11. The second-order valence-electron chi connectivity index (χ2n) is 5.70. The Hall–Kier alpha value is -1.99. The van der Waals surface area contributed by atoms with E-state index < -0.39 is 24.4 Å². The summed E-state index contributed by atoms with van der Waals surface area (Å²) in [5.41, 5.74) is 2.12. The third-order valence-corrected chi connectivity index (χ3v) is 3.82. The Kier molecular flexibility index (Phi) is 7.12. The molecule has 0 aliphatic heterocycles. The Morgan fingerprint density at radius 3 is 2.52 bits per heavy atom. The van der Waals surface area contributed by atoms with Crippen LogP contribution in [0.1, 0.15) is 38.5 Å². The number of nitrogens with zero attached hydrogens (tertiary/aromatic N) is 2. The van der Waals surface area contributed by atoms with Gasteiger partial charge in [-0.05, 0) is 38.0 Å². The number of hydroxylamine groups is 1. The molecule has 0 aromatic carbocycles. The number of alkyl halides is 3. The molecule has 1 unspecified atom stereocenters. The molecular weight excluding hydrogens is 307 g/mol. The fraction of sp³-hybridized carbons (Fsp3) is 0.625. The quantitative estimate of drug-likeness (QED) is 0.413. The van der Waals surface area contributed by atoms with Crippen molar-refractivity contribution in [3.8, 4) is 12.1 Å². The van der Waals surface area contributed by atoms with Gasteiger partial charge in [-0.15, -0.1) is 6.58 Å². The van der Waals surface area contributed by atoms with E-state index in [0.29, 0.717) is 25.9 Å². The van der Waals surface area contributed by atoms with Crippen molar-refractivity contribution in [3.63, 3.8) is 0 Å². The molecule has 0 spiro atoms. The van der Waals surface area contributed by atoms with E-state index in [1.807, 2.05) is 6.08 Å². The lowest BCUT2D eigenvalue weighted by atomic mass is 9.74. The van der Waals surface area contributed by atoms with Gasteiger partial charge in [0.1, 0.15) is 5.41 Å². The Morgan fingerprint density at radius 1 is 1.35 bits per heavy atom. The monoisotopic (exact) mass is 327 g/mol. The molecule has 0 amide bonds. The van der Waals surface area contributed by atoms with Gasteiger partial charge in [-0.25, -0.2) is 0 Å². The van der Waals surface area contributed by atoms with Crippen LogP contribution in [0, 0.1) is 34.0 Å². The maximum Gasteiger partial charge on any atom is 0.389 e. The van der Waals surface area contributed by atoms with Gasteiger partial charge in [-0.2, -0.15) is 23.7 Å². The van der Waals surface area contributed by atoms with Gasteiger partial charge in [0.25, 0.3) is 0 Å². The van der Waals surface area contributed by atoms with Crippen LogP contribution in [-0.4, -0.2) is 12.8 Å². The van der Waals surface area contributed by atoms with E-state index in [1.54, 1.807) is 18.2 Å². The van der Waals surface area contributed by atoms with Crippen LogP contribution in [0.25, 0.3) is 0 Å². The van der Waals surface area contributed by atoms with Crippen LogP contribution in [-0.2, 0) is 4.84 Å². The molecule has 23 heavy (non-hydrogen) atoms. The molecule has 0 saturated heterocycles. The van der Waals surface area contributed by atoms with Crippen LogP contribution in [0.15, 0.2) is 24.4 Å². The number of allylic oxidation sites excluding steroid dienone is 2. The first-order valence-electron chi connectivity index (χ1n) is 7.41. The van der Waals surface area contributed by atoms with Crippen molar-refractivity contribution in [1.29, 1.82) is 10.5 Å². The first-order chi connectivity index (χ1) is 10.8. The number of hydrogen-bond acceptors (Lipinski definition) is 4. The summed E-state index contributed by atoms with van der Waals surface area (Å²) in [6, 6.07) is 3.61. The molecule has 0 radical (unpaired) electrons. The summed E-state index contributed by atoms with van der Waals surface area (Å²) in [6.45, 7) is 3.89. The summed E-state index contributed by atoms with van der Waals surface area (Å²) in [6.07, 6.45) is -0.290. The Labute approximate surface area is 134 Å². The topological polar surface area (TPSA) is 68.8 Å². The molecule has 4 nitrogen and oxygen atoms in total. The molecule has 0 aromatic rings. The molecular formula is C16H20F3N3O. The highest BCUT2D eigenvalue weighted by Crippen LogP contribution is 2.38. The number of hydrogen-bond donors (Lipinski definition) is 1. The largest absolute Gasteiger partial charge is 0.389 e. The molecule has 1 rings (SSSR count). The molecule has 1 aliphatic rings. The van der Waals surface area contributed by atoms with Gasteiger partial charge in [0, 0.05) is 12.1 Å². The molecule has 0 bridgehead atoms. The molecule has 0 heterocycles. The Morgan fingerprint density at radius 2 is 2.04 bits per heavy atom. The summed E-state index contributed by atoms with van der Waals surface area (Å²) in [7, 11) is 0.